The van der Waals surface area contributed by atoms with Gasteiger partial charge in [0.15, 0.2) is 11.4 Å². The van der Waals surface area contributed by atoms with E-state index in [9.17, 15) is 19.3 Å². The molecular weight excluding hydrogens is 283 g/mol. The van der Waals surface area contributed by atoms with E-state index < -0.39 is 22.4 Å². The second-order valence-corrected chi connectivity index (χ2v) is 4.02. The van der Waals surface area contributed by atoms with Crippen molar-refractivity contribution in [1.29, 1.82) is 0 Å². The monoisotopic (exact) mass is 292 g/mol. The molecule has 8 heteroatoms. The van der Waals surface area contributed by atoms with E-state index in [-0.39, 0.29) is 23.6 Å². The van der Waals surface area contributed by atoms with E-state index in [1.807, 2.05) is 0 Å². The highest BCUT2D eigenvalue weighted by Crippen LogP contribution is 2.20. The summed E-state index contributed by atoms with van der Waals surface area (Å²) in [6.07, 6.45) is 1.29. The van der Waals surface area contributed by atoms with Gasteiger partial charge in [-0.3, -0.25) is 10.1 Å². The van der Waals surface area contributed by atoms with Gasteiger partial charge >= 0.3 is 5.97 Å². The van der Waals surface area contributed by atoms with E-state index in [4.69, 9.17) is 9.84 Å². The van der Waals surface area contributed by atoms with Crippen LogP contribution in [0.5, 0.6) is 5.75 Å². The molecule has 0 aliphatic rings. The maximum Gasteiger partial charge on any atom is 0.358 e. The first-order valence-corrected chi connectivity index (χ1v) is 5.72. The Hall–Kier alpha value is -3.03. The fourth-order valence-corrected chi connectivity index (χ4v) is 1.65. The number of pyridine rings is 1. The van der Waals surface area contributed by atoms with Crippen molar-refractivity contribution in [2.24, 2.45) is 0 Å². The first kappa shape index (κ1) is 14.4. The van der Waals surface area contributed by atoms with Gasteiger partial charge in [-0.25, -0.2) is 14.2 Å². The number of hydrogen-bond acceptors (Lipinski definition) is 5. The molecule has 2 rings (SSSR count). The van der Waals surface area contributed by atoms with Gasteiger partial charge in [-0.1, -0.05) is 0 Å². The Morgan fingerprint density at radius 3 is 2.86 bits per heavy atom. The van der Waals surface area contributed by atoms with E-state index in [1.54, 1.807) is 0 Å². The summed E-state index contributed by atoms with van der Waals surface area (Å²) in [4.78, 5) is 24.5. The Kier molecular flexibility index (Phi) is 4.07. The largest absolute Gasteiger partial charge is 0.486 e. The van der Waals surface area contributed by atoms with Gasteiger partial charge in [0.1, 0.15) is 12.4 Å². The molecule has 1 heterocycles. The minimum atomic E-state index is -1.27. The molecule has 0 saturated heterocycles. The second kappa shape index (κ2) is 5.95. The highest BCUT2D eigenvalue weighted by atomic mass is 19.1. The van der Waals surface area contributed by atoms with Crippen LogP contribution in [0.15, 0.2) is 36.5 Å². The number of rotatable bonds is 5. The van der Waals surface area contributed by atoms with Crippen molar-refractivity contribution >= 4 is 11.7 Å². The van der Waals surface area contributed by atoms with Gasteiger partial charge in [-0.05, 0) is 23.8 Å². The fourth-order valence-electron chi connectivity index (χ4n) is 1.65. The third-order valence-corrected chi connectivity index (χ3v) is 2.52. The zero-order chi connectivity index (χ0) is 15.4. The molecule has 0 spiro atoms. The number of halogens is 1. The zero-order valence-electron chi connectivity index (χ0n) is 10.5. The zero-order valence-corrected chi connectivity index (χ0v) is 10.5. The molecule has 0 saturated carbocycles. The molecule has 0 radical (unpaired) electrons. The number of benzene rings is 1. The predicted octanol–water partition coefficient (Wildman–Crippen LogP) is 2.41. The summed E-state index contributed by atoms with van der Waals surface area (Å²) >= 11 is 0. The van der Waals surface area contributed by atoms with Crippen molar-refractivity contribution in [1.82, 2.24) is 4.98 Å². The average Bonchev–Trinajstić information content (AvgIpc) is 2.44. The summed E-state index contributed by atoms with van der Waals surface area (Å²) < 4.78 is 18.5. The van der Waals surface area contributed by atoms with E-state index >= 15 is 0 Å². The number of aromatic carboxylic acids is 1. The summed E-state index contributed by atoms with van der Waals surface area (Å²) in [6, 6.07) is 5.89. The highest BCUT2D eigenvalue weighted by Gasteiger charge is 2.14. The van der Waals surface area contributed by atoms with Crippen LogP contribution in [0, 0.1) is 15.9 Å². The third kappa shape index (κ3) is 3.50. The molecule has 0 aliphatic heterocycles. The number of nitro benzene ring substituents is 1. The Bertz CT molecular complexity index is 705. The number of hydrogen-bond donors (Lipinski definition) is 1. The quantitative estimate of drug-likeness (QED) is 0.670. The molecule has 0 fully saturated rings. The van der Waals surface area contributed by atoms with E-state index in [0.717, 1.165) is 18.2 Å². The molecule has 0 atom stereocenters. The maximum absolute atomic E-state index is 13.3. The summed E-state index contributed by atoms with van der Waals surface area (Å²) in [5, 5.41) is 19.6. The van der Waals surface area contributed by atoms with E-state index in [2.05, 4.69) is 4.98 Å². The molecule has 7 nitrogen and oxygen atoms in total. The number of carboxylic acids is 1. The Morgan fingerprint density at radius 2 is 2.19 bits per heavy atom. The average molecular weight is 292 g/mol. The standard InChI is InChI=1S/C13H9FN2O5/c14-9-4-8(5-10(6-9)16(19)20)7-21-11-2-1-3-15-12(11)13(17)18/h1-6H,7H2,(H,17,18). The van der Waals surface area contributed by atoms with Crippen molar-refractivity contribution in [3.05, 3.63) is 63.7 Å². The molecule has 0 amide bonds. The highest BCUT2D eigenvalue weighted by molar-refractivity contribution is 5.88. The summed E-state index contributed by atoms with van der Waals surface area (Å²) in [5.74, 6) is -2.04. The van der Waals surface area contributed by atoms with Gasteiger partial charge in [-0.2, -0.15) is 0 Å². The van der Waals surface area contributed by atoms with Gasteiger partial charge in [0.05, 0.1) is 11.0 Å². The molecule has 1 aromatic carbocycles. The minimum absolute atomic E-state index is 0.00286. The van der Waals surface area contributed by atoms with Crippen LogP contribution in [0.25, 0.3) is 0 Å². The number of nitro groups is 1. The molecule has 1 aromatic heterocycles. The summed E-state index contributed by atoms with van der Waals surface area (Å²) in [5.41, 5.74) is -0.483. The lowest BCUT2D eigenvalue weighted by atomic mass is 10.2. The minimum Gasteiger partial charge on any atom is -0.486 e. The van der Waals surface area contributed by atoms with Crippen molar-refractivity contribution in [3.8, 4) is 5.75 Å². The molecule has 0 bridgehead atoms. The topological polar surface area (TPSA) is 103 Å². The number of non-ortho nitro benzene ring substituents is 1. The molecule has 21 heavy (non-hydrogen) atoms. The van der Waals surface area contributed by atoms with Crippen LogP contribution in [-0.4, -0.2) is 21.0 Å². The molecule has 0 unspecified atom stereocenters. The fraction of sp³-hybridized carbons (Fsp3) is 0.0769. The molecule has 108 valence electrons. The van der Waals surface area contributed by atoms with Gasteiger partial charge in [0.2, 0.25) is 0 Å². The number of ether oxygens (including phenoxy) is 1. The van der Waals surface area contributed by atoms with Crippen LogP contribution in [0.1, 0.15) is 16.1 Å². The van der Waals surface area contributed by atoms with Gasteiger partial charge in [0, 0.05) is 12.3 Å². The Morgan fingerprint density at radius 1 is 1.43 bits per heavy atom. The SMILES string of the molecule is O=C(O)c1ncccc1OCc1cc(F)cc([N+](=O)[O-])c1. The van der Waals surface area contributed by atoms with Crippen LogP contribution < -0.4 is 4.74 Å². The first-order valence-electron chi connectivity index (χ1n) is 5.72. The van der Waals surface area contributed by atoms with Gasteiger partial charge in [0.25, 0.3) is 5.69 Å². The summed E-state index contributed by atoms with van der Waals surface area (Å²) in [7, 11) is 0. The van der Waals surface area contributed by atoms with Gasteiger partial charge < -0.3 is 9.84 Å². The van der Waals surface area contributed by atoms with E-state index in [1.165, 1.54) is 18.3 Å². The number of nitrogens with zero attached hydrogens (tertiary/aromatic N) is 2. The lowest BCUT2D eigenvalue weighted by molar-refractivity contribution is -0.385. The molecular formula is C13H9FN2O5. The Balaban J connectivity index is 2.21. The summed E-state index contributed by atoms with van der Waals surface area (Å²) in [6.45, 7) is -0.218. The predicted molar refractivity (Wildman–Crippen MR) is 68.6 cm³/mol. The molecule has 1 N–H and O–H groups in total. The normalized spacial score (nSPS) is 10.1. The number of carboxylic acid groups (broad SMARTS) is 1. The molecule has 2 aromatic rings. The van der Waals surface area contributed by atoms with Crippen LogP contribution in [-0.2, 0) is 6.61 Å². The van der Waals surface area contributed by atoms with Crippen LogP contribution in [0.2, 0.25) is 0 Å². The van der Waals surface area contributed by atoms with Crippen molar-refractivity contribution < 1.29 is 24.0 Å². The van der Waals surface area contributed by atoms with Crippen LogP contribution >= 0.6 is 0 Å². The Labute approximate surface area is 117 Å². The smallest absolute Gasteiger partial charge is 0.358 e. The van der Waals surface area contributed by atoms with Gasteiger partial charge in [-0.15, -0.1) is 0 Å². The van der Waals surface area contributed by atoms with Crippen molar-refractivity contribution in [2.75, 3.05) is 0 Å². The molecule has 0 aliphatic carbocycles. The van der Waals surface area contributed by atoms with E-state index in [0.29, 0.717) is 0 Å². The lowest BCUT2D eigenvalue weighted by Gasteiger charge is -2.08. The maximum atomic E-state index is 13.3. The lowest BCUT2D eigenvalue weighted by Crippen LogP contribution is -2.06. The van der Waals surface area contributed by atoms with Crippen LogP contribution in [0.3, 0.4) is 0 Å². The third-order valence-electron chi connectivity index (χ3n) is 2.52. The number of aromatic nitrogens is 1. The van der Waals surface area contributed by atoms with Crippen LogP contribution in [0.4, 0.5) is 10.1 Å². The first-order chi connectivity index (χ1) is 9.97. The van der Waals surface area contributed by atoms with Crippen molar-refractivity contribution in [2.45, 2.75) is 6.61 Å². The van der Waals surface area contributed by atoms with Crippen molar-refractivity contribution in [3.63, 3.8) is 0 Å². The second-order valence-electron chi connectivity index (χ2n) is 4.02. The number of carbonyl (C=O) groups is 1.